The number of rotatable bonds is 8. The fraction of sp³-hybridized carbons (Fsp3) is 0.190. The molecule has 31 heavy (non-hydrogen) atoms. The number of amides is 2. The van der Waals surface area contributed by atoms with Crippen LogP contribution in [0.3, 0.4) is 0 Å². The number of nitro groups is 1. The number of hydrogen-bond donors (Lipinski definition) is 0. The molecule has 2 aromatic carbocycles. The number of non-ortho nitro benzene ring substituents is 1. The number of methoxy groups -OCH3 is 1. The van der Waals surface area contributed by atoms with Gasteiger partial charge in [0.15, 0.2) is 17.3 Å². The molecule has 2 aromatic rings. The molecule has 1 aliphatic rings. The molecule has 1 aliphatic heterocycles. The Labute approximate surface area is 181 Å². The Bertz CT molecular complexity index is 1080. The van der Waals surface area contributed by atoms with E-state index >= 15 is 0 Å². The van der Waals surface area contributed by atoms with E-state index in [0.717, 1.165) is 16.7 Å². The Balaban J connectivity index is 1.76. The summed E-state index contributed by atoms with van der Waals surface area (Å²) >= 11 is 0.734. The number of thioether (sulfide) groups is 1. The minimum absolute atomic E-state index is 0.156. The normalized spacial score (nSPS) is 14.8. The van der Waals surface area contributed by atoms with Gasteiger partial charge in [-0.3, -0.25) is 29.4 Å². The molecular weight excluding hydrogens is 424 g/mol. The van der Waals surface area contributed by atoms with Crippen molar-refractivity contribution in [2.45, 2.75) is 6.92 Å². The van der Waals surface area contributed by atoms with E-state index < -0.39 is 28.4 Å². The van der Waals surface area contributed by atoms with Gasteiger partial charge in [0, 0.05) is 17.7 Å². The van der Waals surface area contributed by atoms with E-state index in [4.69, 9.17) is 9.47 Å². The summed E-state index contributed by atoms with van der Waals surface area (Å²) in [7, 11) is 1.52. The van der Waals surface area contributed by atoms with Crippen LogP contribution in [0, 0.1) is 10.1 Å². The number of nitrogens with zero attached hydrogens (tertiary/aromatic N) is 2. The third-order valence-electron chi connectivity index (χ3n) is 4.36. The molecule has 3 rings (SSSR count). The molecule has 0 spiro atoms. The van der Waals surface area contributed by atoms with Crippen molar-refractivity contribution in [1.29, 1.82) is 0 Å². The molecule has 0 atom stereocenters. The Kier molecular flexibility index (Phi) is 6.71. The highest BCUT2D eigenvalue weighted by atomic mass is 32.2. The van der Waals surface area contributed by atoms with Gasteiger partial charge in [-0.1, -0.05) is 6.07 Å². The first-order chi connectivity index (χ1) is 14.8. The van der Waals surface area contributed by atoms with E-state index in [-0.39, 0.29) is 16.2 Å². The van der Waals surface area contributed by atoms with Crippen LogP contribution in [0.2, 0.25) is 0 Å². The summed E-state index contributed by atoms with van der Waals surface area (Å²) < 4.78 is 10.7. The van der Waals surface area contributed by atoms with Gasteiger partial charge in [0.05, 0.1) is 30.1 Å². The number of carbonyl (C=O) groups is 3. The summed E-state index contributed by atoms with van der Waals surface area (Å²) in [6, 6.07) is 10.1. The molecule has 9 nitrogen and oxygen atoms in total. The number of benzene rings is 2. The quantitative estimate of drug-likeness (QED) is 0.261. The molecule has 160 valence electrons. The van der Waals surface area contributed by atoms with Crippen molar-refractivity contribution in [3.63, 3.8) is 0 Å². The lowest BCUT2D eigenvalue weighted by molar-refractivity contribution is -0.384. The van der Waals surface area contributed by atoms with Gasteiger partial charge in [0.25, 0.3) is 16.8 Å². The lowest BCUT2D eigenvalue weighted by atomic mass is 10.1. The van der Waals surface area contributed by atoms with Crippen LogP contribution < -0.4 is 9.47 Å². The molecule has 0 unspecified atom stereocenters. The Morgan fingerprint density at radius 1 is 1.16 bits per heavy atom. The predicted molar refractivity (Wildman–Crippen MR) is 114 cm³/mol. The minimum Gasteiger partial charge on any atom is -0.493 e. The Hall–Kier alpha value is -3.66. The standard InChI is InChI=1S/C21H18N2O7S/c1-3-30-18-10-13(4-9-17(18)29-2)11-19-20(25)22(21(26)31-19)12-16(24)14-5-7-15(8-6-14)23(27)28/h4-11H,3,12H2,1-2H3/b19-11+. The van der Waals surface area contributed by atoms with Gasteiger partial charge in [-0.05, 0) is 54.6 Å². The van der Waals surface area contributed by atoms with Crippen LogP contribution in [0.4, 0.5) is 10.5 Å². The van der Waals surface area contributed by atoms with E-state index in [2.05, 4.69) is 0 Å². The van der Waals surface area contributed by atoms with Crippen LogP contribution >= 0.6 is 11.8 Å². The van der Waals surface area contributed by atoms with E-state index in [9.17, 15) is 24.5 Å². The van der Waals surface area contributed by atoms with Gasteiger partial charge >= 0.3 is 0 Å². The zero-order valence-corrected chi connectivity index (χ0v) is 17.5. The molecule has 10 heteroatoms. The van der Waals surface area contributed by atoms with E-state index in [1.165, 1.54) is 31.4 Å². The van der Waals surface area contributed by atoms with Gasteiger partial charge in [0.1, 0.15) is 0 Å². The van der Waals surface area contributed by atoms with Gasteiger partial charge in [0.2, 0.25) is 0 Å². The SMILES string of the molecule is CCOc1cc(/C=C2/SC(=O)N(CC(=O)c3ccc([N+](=O)[O-])cc3)C2=O)ccc1OC. The molecule has 0 saturated carbocycles. The largest absolute Gasteiger partial charge is 0.493 e. The van der Waals surface area contributed by atoms with Crippen LogP contribution in [0.1, 0.15) is 22.8 Å². The molecule has 2 amide bonds. The van der Waals surface area contributed by atoms with Crippen LogP contribution in [-0.2, 0) is 4.79 Å². The summed E-state index contributed by atoms with van der Waals surface area (Å²) in [6.07, 6.45) is 1.54. The van der Waals surface area contributed by atoms with Crippen molar-refractivity contribution in [1.82, 2.24) is 4.90 Å². The highest BCUT2D eigenvalue weighted by Crippen LogP contribution is 2.34. The average Bonchev–Trinajstić information content (AvgIpc) is 3.01. The van der Waals surface area contributed by atoms with Crippen molar-refractivity contribution in [3.05, 3.63) is 68.6 Å². The van der Waals surface area contributed by atoms with Crippen molar-refractivity contribution in [2.24, 2.45) is 0 Å². The zero-order chi connectivity index (χ0) is 22.5. The van der Waals surface area contributed by atoms with Crippen molar-refractivity contribution in [2.75, 3.05) is 20.3 Å². The highest BCUT2D eigenvalue weighted by Gasteiger charge is 2.36. The van der Waals surface area contributed by atoms with Gasteiger partial charge in [-0.15, -0.1) is 0 Å². The summed E-state index contributed by atoms with van der Waals surface area (Å²) in [4.78, 5) is 48.6. The number of Topliss-reactive ketones (excluding diaryl/α,β-unsaturated/α-hetero) is 1. The number of ketones is 1. The maximum absolute atomic E-state index is 12.7. The summed E-state index contributed by atoms with van der Waals surface area (Å²) in [5, 5.41) is 10.2. The van der Waals surface area contributed by atoms with Gasteiger partial charge in [-0.2, -0.15) is 0 Å². The molecule has 0 aliphatic carbocycles. The first-order valence-corrected chi connectivity index (χ1v) is 9.99. The molecule has 1 fully saturated rings. The summed E-state index contributed by atoms with van der Waals surface area (Å²) in [5.74, 6) is -0.0345. The summed E-state index contributed by atoms with van der Waals surface area (Å²) in [5.41, 5.74) is 0.651. The molecule has 1 heterocycles. The van der Waals surface area contributed by atoms with Crippen LogP contribution in [0.5, 0.6) is 11.5 Å². The van der Waals surface area contributed by atoms with Crippen LogP contribution in [0.25, 0.3) is 6.08 Å². The van der Waals surface area contributed by atoms with Crippen molar-refractivity contribution < 1.29 is 28.8 Å². The second kappa shape index (κ2) is 9.43. The second-order valence-corrected chi connectivity index (χ2v) is 7.33. The number of carbonyl (C=O) groups excluding carboxylic acids is 3. The zero-order valence-electron chi connectivity index (χ0n) is 16.7. The monoisotopic (exact) mass is 442 g/mol. The highest BCUT2D eigenvalue weighted by molar-refractivity contribution is 8.18. The van der Waals surface area contributed by atoms with Gasteiger partial charge < -0.3 is 9.47 Å². The number of nitro benzene ring substituents is 1. The van der Waals surface area contributed by atoms with Gasteiger partial charge in [-0.25, -0.2) is 0 Å². The van der Waals surface area contributed by atoms with E-state index in [0.29, 0.717) is 23.7 Å². The molecule has 0 aromatic heterocycles. The minimum atomic E-state index is -0.584. The first-order valence-electron chi connectivity index (χ1n) is 9.18. The maximum Gasteiger partial charge on any atom is 0.293 e. The number of imide groups is 1. The smallest absolute Gasteiger partial charge is 0.293 e. The van der Waals surface area contributed by atoms with Crippen molar-refractivity contribution in [3.8, 4) is 11.5 Å². The molecule has 0 bridgehead atoms. The lowest BCUT2D eigenvalue weighted by Crippen LogP contribution is -2.33. The topological polar surface area (TPSA) is 116 Å². The average molecular weight is 442 g/mol. The Morgan fingerprint density at radius 2 is 1.87 bits per heavy atom. The third-order valence-corrected chi connectivity index (χ3v) is 5.27. The molecule has 0 radical (unpaired) electrons. The third kappa shape index (κ3) is 4.92. The fourth-order valence-corrected chi connectivity index (χ4v) is 3.68. The molecular formula is C21H18N2O7S. The van der Waals surface area contributed by atoms with E-state index in [1.54, 1.807) is 24.3 Å². The van der Waals surface area contributed by atoms with Crippen LogP contribution in [-0.4, -0.2) is 47.0 Å². The molecule has 0 N–H and O–H groups in total. The predicted octanol–water partition coefficient (Wildman–Crippen LogP) is 3.92. The van der Waals surface area contributed by atoms with Crippen LogP contribution in [0.15, 0.2) is 47.4 Å². The van der Waals surface area contributed by atoms with E-state index in [1.807, 2.05) is 6.92 Å². The lowest BCUT2D eigenvalue weighted by Gasteiger charge is -2.11. The van der Waals surface area contributed by atoms with Crippen molar-refractivity contribution >= 4 is 40.5 Å². The maximum atomic E-state index is 12.7. The first kappa shape index (κ1) is 22.0. The fourth-order valence-electron chi connectivity index (χ4n) is 2.84. The second-order valence-electron chi connectivity index (χ2n) is 6.34. The number of ether oxygens (including phenoxy) is 2. The summed E-state index contributed by atoms with van der Waals surface area (Å²) in [6.45, 7) is 1.81. The Morgan fingerprint density at radius 3 is 2.48 bits per heavy atom. The molecule has 1 saturated heterocycles. The number of hydrogen-bond acceptors (Lipinski definition) is 8.